The van der Waals surface area contributed by atoms with E-state index in [0.29, 0.717) is 11.8 Å². The highest BCUT2D eigenvalue weighted by atomic mass is 16.5. The lowest BCUT2D eigenvalue weighted by Gasteiger charge is -2.09. The molecule has 2 aromatic heterocycles. The number of anilines is 4. The summed E-state index contributed by atoms with van der Waals surface area (Å²) in [6.07, 6.45) is 3.49. The molecule has 4 rings (SSSR count). The third kappa shape index (κ3) is 3.35. The summed E-state index contributed by atoms with van der Waals surface area (Å²) in [7, 11) is 1.64. The maximum atomic E-state index is 5.15. The van der Waals surface area contributed by atoms with Crippen LogP contribution in [0.2, 0.25) is 0 Å². The van der Waals surface area contributed by atoms with Crippen LogP contribution >= 0.6 is 0 Å². The van der Waals surface area contributed by atoms with Gasteiger partial charge in [0.05, 0.1) is 18.8 Å². The van der Waals surface area contributed by atoms with Gasteiger partial charge in [-0.05, 0) is 48.5 Å². The molecule has 2 aromatic carbocycles. The van der Waals surface area contributed by atoms with Gasteiger partial charge in [-0.15, -0.1) is 0 Å². The van der Waals surface area contributed by atoms with Crippen molar-refractivity contribution in [1.82, 2.24) is 20.2 Å². The normalized spacial score (nSPS) is 10.6. The van der Waals surface area contributed by atoms with Crippen molar-refractivity contribution in [3.8, 4) is 5.75 Å². The molecule has 0 saturated heterocycles. The minimum absolute atomic E-state index is 0.513. The predicted molar refractivity (Wildman–Crippen MR) is 97.7 cm³/mol. The Morgan fingerprint density at radius 3 is 2.64 bits per heavy atom. The molecule has 2 heterocycles. The maximum absolute atomic E-state index is 5.15. The molecule has 0 unspecified atom stereocenters. The Kier molecular flexibility index (Phi) is 3.88. The largest absolute Gasteiger partial charge is 0.497 e. The lowest BCUT2D eigenvalue weighted by Crippen LogP contribution is -2.00. The second-order valence-electron chi connectivity index (χ2n) is 5.42. The van der Waals surface area contributed by atoms with Gasteiger partial charge < -0.3 is 15.4 Å². The topological polar surface area (TPSA) is 87.8 Å². The number of aromatic nitrogens is 4. The van der Waals surface area contributed by atoms with Crippen molar-refractivity contribution < 1.29 is 4.74 Å². The van der Waals surface area contributed by atoms with E-state index in [2.05, 4.69) is 30.8 Å². The molecule has 0 amide bonds. The average Bonchev–Trinajstić information content (AvgIpc) is 3.10. The minimum Gasteiger partial charge on any atom is -0.497 e. The van der Waals surface area contributed by atoms with Gasteiger partial charge in [0.25, 0.3) is 0 Å². The van der Waals surface area contributed by atoms with Gasteiger partial charge in [0.2, 0.25) is 5.95 Å². The van der Waals surface area contributed by atoms with Crippen molar-refractivity contribution in [2.24, 2.45) is 0 Å². The number of H-pyrrole nitrogens is 1. The molecule has 0 spiro atoms. The van der Waals surface area contributed by atoms with Crippen LogP contribution in [0.4, 0.5) is 23.1 Å². The molecule has 0 aliphatic carbocycles. The maximum Gasteiger partial charge on any atom is 0.229 e. The fourth-order valence-electron chi connectivity index (χ4n) is 2.46. The van der Waals surface area contributed by atoms with Crippen LogP contribution in [0.15, 0.2) is 60.9 Å². The van der Waals surface area contributed by atoms with Crippen LogP contribution in [0.25, 0.3) is 10.9 Å². The van der Waals surface area contributed by atoms with E-state index in [1.54, 1.807) is 19.5 Å². The first-order valence-corrected chi connectivity index (χ1v) is 7.74. The summed E-state index contributed by atoms with van der Waals surface area (Å²) in [6.45, 7) is 0. The van der Waals surface area contributed by atoms with Crippen molar-refractivity contribution in [1.29, 1.82) is 0 Å². The first-order chi connectivity index (χ1) is 12.3. The Morgan fingerprint density at radius 2 is 1.80 bits per heavy atom. The molecule has 0 atom stereocenters. The van der Waals surface area contributed by atoms with Gasteiger partial charge in [-0.25, -0.2) is 4.98 Å². The van der Waals surface area contributed by atoms with E-state index in [1.165, 1.54) is 0 Å². The molecular formula is C18H16N6O. The van der Waals surface area contributed by atoms with Crippen molar-refractivity contribution in [3.63, 3.8) is 0 Å². The van der Waals surface area contributed by atoms with Crippen molar-refractivity contribution in [2.45, 2.75) is 0 Å². The Labute approximate surface area is 144 Å². The molecule has 4 aromatic rings. The first kappa shape index (κ1) is 14.9. The zero-order valence-electron chi connectivity index (χ0n) is 13.5. The molecule has 0 saturated carbocycles. The van der Waals surface area contributed by atoms with Crippen LogP contribution in [0, 0.1) is 0 Å². The van der Waals surface area contributed by atoms with Crippen LogP contribution in [0.3, 0.4) is 0 Å². The van der Waals surface area contributed by atoms with Gasteiger partial charge in [0.1, 0.15) is 11.6 Å². The Balaban J connectivity index is 1.51. The SMILES string of the molecule is COc1ccc(Nc2nccc(Nc3ccc4[nH]ncc4c3)n2)cc1. The fraction of sp³-hybridized carbons (Fsp3) is 0.0556. The average molecular weight is 332 g/mol. The van der Waals surface area contributed by atoms with E-state index in [9.17, 15) is 0 Å². The van der Waals surface area contributed by atoms with Gasteiger partial charge in [-0.1, -0.05) is 0 Å². The highest BCUT2D eigenvalue weighted by Gasteiger charge is 2.03. The number of rotatable bonds is 5. The van der Waals surface area contributed by atoms with E-state index in [0.717, 1.165) is 28.0 Å². The summed E-state index contributed by atoms with van der Waals surface area (Å²) >= 11 is 0. The molecular weight excluding hydrogens is 316 g/mol. The predicted octanol–water partition coefficient (Wildman–Crippen LogP) is 3.85. The Morgan fingerprint density at radius 1 is 0.960 bits per heavy atom. The number of nitrogens with one attached hydrogen (secondary N) is 3. The highest BCUT2D eigenvalue weighted by Crippen LogP contribution is 2.22. The van der Waals surface area contributed by atoms with Gasteiger partial charge in [-0.3, -0.25) is 5.10 Å². The lowest BCUT2D eigenvalue weighted by atomic mass is 10.2. The molecule has 0 fully saturated rings. The number of aromatic amines is 1. The third-order valence-corrected chi connectivity index (χ3v) is 3.71. The number of benzene rings is 2. The summed E-state index contributed by atoms with van der Waals surface area (Å²) in [5.74, 6) is 2.02. The zero-order valence-corrected chi connectivity index (χ0v) is 13.5. The van der Waals surface area contributed by atoms with Crippen LogP contribution in [-0.4, -0.2) is 27.3 Å². The molecule has 124 valence electrons. The lowest BCUT2D eigenvalue weighted by molar-refractivity contribution is 0.415. The van der Waals surface area contributed by atoms with Crippen LogP contribution < -0.4 is 15.4 Å². The van der Waals surface area contributed by atoms with Gasteiger partial charge >= 0.3 is 0 Å². The summed E-state index contributed by atoms with van der Waals surface area (Å²) in [5, 5.41) is 14.4. The molecule has 7 heteroatoms. The second kappa shape index (κ2) is 6.48. The van der Waals surface area contributed by atoms with E-state index in [4.69, 9.17) is 4.74 Å². The molecule has 25 heavy (non-hydrogen) atoms. The molecule has 7 nitrogen and oxygen atoms in total. The first-order valence-electron chi connectivity index (χ1n) is 7.74. The molecule has 0 bridgehead atoms. The second-order valence-corrected chi connectivity index (χ2v) is 5.42. The van der Waals surface area contributed by atoms with Crippen LogP contribution in [0.5, 0.6) is 5.75 Å². The summed E-state index contributed by atoms with van der Waals surface area (Å²) < 4.78 is 5.15. The minimum atomic E-state index is 0.513. The zero-order chi connectivity index (χ0) is 17.1. The number of ether oxygens (including phenoxy) is 1. The molecule has 3 N–H and O–H groups in total. The standard InChI is InChI=1S/C18H16N6O/c1-25-15-5-2-13(3-6-15)22-18-19-9-8-17(23-18)21-14-4-7-16-12(10-14)11-20-24-16/h2-11H,1H3,(H,20,24)(H2,19,21,22,23). The van der Waals surface area contributed by atoms with Crippen LogP contribution in [-0.2, 0) is 0 Å². The number of nitrogens with zero attached hydrogens (tertiary/aromatic N) is 3. The van der Waals surface area contributed by atoms with Crippen molar-refractivity contribution in [2.75, 3.05) is 17.7 Å². The molecule has 0 aliphatic heterocycles. The van der Waals surface area contributed by atoms with Gasteiger partial charge in [-0.2, -0.15) is 10.1 Å². The monoisotopic (exact) mass is 332 g/mol. The summed E-state index contributed by atoms with van der Waals surface area (Å²) in [5.41, 5.74) is 2.82. The Hall–Kier alpha value is -3.61. The number of fused-ring (bicyclic) bond motifs is 1. The summed E-state index contributed by atoms with van der Waals surface area (Å²) in [6, 6.07) is 15.4. The molecule has 0 aliphatic rings. The van der Waals surface area contributed by atoms with Crippen molar-refractivity contribution >= 4 is 34.0 Å². The number of hydrogen-bond acceptors (Lipinski definition) is 6. The van der Waals surface area contributed by atoms with Gasteiger partial charge in [0, 0.05) is 23.0 Å². The quantitative estimate of drug-likeness (QED) is 0.514. The van der Waals surface area contributed by atoms with Gasteiger partial charge in [0.15, 0.2) is 0 Å². The fourth-order valence-corrected chi connectivity index (χ4v) is 2.46. The van der Waals surface area contributed by atoms with E-state index in [1.807, 2.05) is 48.5 Å². The smallest absolute Gasteiger partial charge is 0.229 e. The van der Waals surface area contributed by atoms with E-state index < -0.39 is 0 Å². The van der Waals surface area contributed by atoms with E-state index in [-0.39, 0.29) is 0 Å². The van der Waals surface area contributed by atoms with Crippen molar-refractivity contribution in [3.05, 3.63) is 60.9 Å². The third-order valence-electron chi connectivity index (χ3n) is 3.71. The molecule has 0 radical (unpaired) electrons. The summed E-state index contributed by atoms with van der Waals surface area (Å²) in [4.78, 5) is 8.74. The highest BCUT2D eigenvalue weighted by molar-refractivity contribution is 5.82. The Bertz CT molecular complexity index is 996. The number of hydrogen-bond donors (Lipinski definition) is 3. The number of methoxy groups -OCH3 is 1. The van der Waals surface area contributed by atoms with E-state index >= 15 is 0 Å². The van der Waals surface area contributed by atoms with Crippen LogP contribution in [0.1, 0.15) is 0 Å².